The number of ketones is 2. The first-order valence-corrected chi connectivity index (χ1v) is 10.5. The third-order valence-electron chi connectivity index (χ3n) is 5.95. The zero-order valence-electron chi connectivity index (χ0n) is 18.8. The van der Waals surface area contributed by atoms with Crippen LogP contribution in [0.25, 0.3) is 11.2 Å². The number of nitrogens with zero attached hydrogens (tertiary/aromatic N) is 4. The van der Waals surface area contributed by atoms with E-state index in [0.717, 1.165) is 12.5 Å². The molecule has 0 saturated carbocycles. The van der Waals surface area contributed by atoms with Crippen LogP contribution in [-0.2, 0) is 20.9 Å². The first kappa shape index (κ1) is 23.5. The molecule has 1 aromatic carbocycles. The molecule has 1 fully saturated rings. The summed E-state index contributed by atoms with van der Waals surface area (Å²) in [5, 5.41) is 34.1. The Morgan fingerprint density at radius 1 is 1.32 bits per heavy atom. The largest absolute Gasteiger partial charge is 0.504 e. The number of hydrogen-bond donors (Lipinski definition) is 4. The van der Waals surface area contributed by atoms with E-state index in [2.05, 4.69) is 20.3 Å². The molecule has 0 radical (unpaired) electrons. The predicted octanol–water partition coefficient (Wildman–Crippen LogP) is 0.710. The SMILES string of the molecule is COc1cc(CNc2ncnc3c2ncn3[C@H]2C[C@@](O)(C(C)=O)[C@@H](C(O)C(C)=O)O2)ccc1O. The van der Waals surface area contributed by atoms with E-state index in [9.17, 15) is 24.9 Å². The lowest BCUT2D eigenvalue weighted by molar-refractivity contribution is -0.158. The number of imidazole rings is 1. The fourth-order valence-corrected chi connectivity index (χ4v) is 3.98. The van der Waals surface area contributed by atoms with E-state index in [1.54, 1.807) is 12.1 Å². The molecule has 4 rings (SSSR count). The van der Waals surface area contributed by atoms with Gasteiger partial charge in [0.1, 0.15) is 24.8 Å². The average molecular weight is 471 g/mol. The van der Waals surface area contributed by atoms with Gasteiger partial charge in [-0.15, -0.1) is 0 Å². The van der Waals surface area contributed by atoms with Crippen LogP contribution in [0.2, 0.25) is 0 Å². The fraction of sp³-hybridized carbons (Fsp3) is 0.409. The van der Waals surface area contributed by atoms with Crippen LogP contribution in [0.1, 0.15) is 32.1 Å². The molecule has 3 heterocycles. The second-order valence-corrected chi connectivity index (χ2v) is 8.16. The van der Waals surface area contributed by atoms with Gasteiger partial charge in [-0.05, 0) is 31.5 Å². The number of fused-ring (bicyclic) bond motifs is 1. The molecule has 0 bridgehead atoms. The summed E-state index contributed by atoms with van der Waals surface area (Å²) in [5.41, 5.74) is -0.431. The van der Waals surface area contributed by atoms with E-state index in [0.29, 0.717) is 29.3 Å². The average Bonchev–Trinajstić information content (AvgIpc) is 3.40. The molecule has 12 nitrogen and oxygen atoms in total. The number of aliphatic hydroxyl groups is 2. The van der Waals surface area contributed by atoms with Gasteiger partial charge in [-0.3, -0.25) is 14.2 Å². The number of ether oxygens (including phenoxy) is 2. The number of methoxy groups -OCH3 is 1. The Labute approximate surface area is 194 Å². The van der Waals surface area contributed by atoms with Gasteiger partial charge in [-0.25, -0.2) is 15.0 Å². The summed E-state index contributed by atoms with van der Waals surface area (Å²) in [6.07, 6.45) is -1.42. The lowest BCUT2D eigenvalue weighted by Crippen LogP contribution is -2.52. The van der Waals surface area contributed by atoms with Crippen molar-refractivity contribution in [2.24, 2.45) is 0 Å². The first-order chi connectivity index (χ1) is 16.2. The topological polar surface area (TPSA) is 169 Å². The van der Waals surface area contributed by atoms with Crippen LogP contribution in [0.3, 0.4) is 0 Å². The molecule has 4 N–H and O–H groups in total. The van der Waals surface area contributed by atoms with Gasteiger partial charge in [-0.1, -0.05) is 6.07 Å². The Morgan fingerprint density at radius 2 is 2.09 bits per heavy atom. The van der Waals surface area contributed by atoms with Gasteiger partial charge in [0.05, 0.1) is 13.4 Å². The molecule has 4 atom stereocenters. The number of phenolic OH excluding ortho intramolecular Hbond substituents is 1. The number of benzene rings is 1. The van der Waals surface area contributed by atoms with Crippen molar-refractivity contribution in [3.05, 3.63) is 36.4 Å². The zero-order chi connectivity index (χ0) is 24.6. The molecule has 0 spiro atoms. The van der Waals surface area contributed by atoms with Gasteiger partial charge in [0.15, 0.2) is 45.6 Å². The summed E-state index contributed by atoms with van der Waals surface area (Å²) in [6, 6.07) is 4.95. The molecule has 1 aliphatic heterocycles. The van der Waals surface area contributed by atoms with Crippen LogP contribution in [0.5, 0.6) is 11.5 Å². The van der Waals surface area contributed by atoms with Crippen molar-refractivity contribution >= 4 is 28.5 Å². The highest BCUT2D eigenvalue weighted by Gasteiger charge is 2.55. The van der Waals surface area contributed by atoms with Gasteiger partial charge in [0, 0.05) is 13.0 Å². The number of Topliss-reactive ketones (excluding diaryl/α,β-unsaturated/α-hetero) is 2. The van der Waals surface area contributed by atoms with Crippen LogP contribution in [-0.4, -0.2) is 71.3 Å². The van der Waals surface area contributed by atoms with Gasteiger partial charge >= 0.3 is 0 Å². The number of phenols is 1. The van der Waals surface area contributed by atoms with Crippen molar-refractivity contribution in [2.45, 2.75) is 50.8 Å². The monoisotopic (exact) mass is 471 g/mol. The third kappa shape index (κ3) is 4.06. The number of nitrogens with one attached hydrogen (secondary N) is 1. The van der Waals surface area contributed by atoms with Gasteiger partial charge in [-0.2, -0.15) is 0 Å². The predicted molar refractivity (Wildman–Crippen MR) is 118 cm³/mol. The van der Waals surface area contributed by atoms with Crippen molar-refractivity contribution < 1.29 is 34.4 Å². The third-order valence-corrected chi connectivity index (χ3v) is 5.95. The fourth-order valence-electron chi connectivity index (χ4n) is 3.98. The minimum atomic E-state index is -2.04. The summed E-state index contributed by atoms with van der Waals surface area (Å²) in [6.45, 7) is 2.69. The van der Waals surface area contributed by atoms with Crippen molar-refractivity contribution in [2.75, 3.05) is 12.4 Å². The number of rotatable bonds is 8. The first-order valence-electron chi connectivity index (χ1n) is 10.5. The minimum absolute atomic E-state index is 0.0321. The van der Waals surface area contributed by atoms with E-state index in [-0.39, 0.29) is 12.2 Å². The maximum absolute atomic E-state index is 12.2. The molecule has 12 heteroatoms. The lowest BCUT2D eigenvalue weighted by Gasteiger charge is -2.27. The van der Waals surface area contributed by atoms with Crippen LogP contribution in [0.15, 0.2) is 30.9 Å². The number of hydrogen-bond acceptors (Lipinski definition) is 11. The molecule has 0 amide bonds. The molecule has 3 aromatic rings. The molecular formula is C22H25N5O7. The van der Waals surface area contributed by atoms with Gasteiger partial charge < -0.3 is 30.1 Å². The number of aromatic nitrogens is 4. The zero-order valence-corrected chi connectivity index (χ0v) is 18.8. The molecule has 180 valence electrons. The van der Waals surface area contributed by atoms with Gasteiger partial charge in [0.2, 0.25) is 0 Å². The smallest absolute Gasteiger partial charge is 0.167 e. The summed E-state index contributed by atoms with van der Waals surface area (Å²) in [5.74, 6) is -0.442. The van der Waals surface area contributed by atoms with Crippen LogP contribution in [0.4, 0.5) is 5.82 Å². The Morgan fingerprint density at radius 3 is 2.76 bits per heavy atom. The molecule has 1 aliphatic rings. The molecule has 1 unspecified atom stereocenters. The second-order valence-electron chi connectivity index (χ2n) is 8.16. The summed E-state index contributed by atoms with van der Waals surface area (Å²) in [7, 11) is 1.46. The summed E-state index contributed by atoms with van der Waals surface area (Å²) < 4.78 is 12.4. The maximum Gasteiger partial charge on any atom is 0.167 e. The van der Waals surface area contributed by atoms with Crippen LogP contribution < -0.4 is 10.1 Å². The molecule has 34 heavy (non-hydrogen) atoms. The molecule has 0 aliphatic carbocycles. The van der Waals surface area contributed by atoms with E-state index >= 15 is 0 Å². The summed E-state index contributed by atoms with van der Waals surface area (Å²) in [4.78, 5) is 36.8. The number of aliphatic hydroxyl groups excluding tert-OH is 1. The quantitative estimate of drug-likeness (QED) is 0.365. The Hall–Kier alpha value is -3.61. The number of aromatic hydroxyl groups is 1. The number of anilines is 1. The van der Waals surface area contributed by atoms with E-state index < -0.39 is 35.6 Å². The maximum atomic E-state index is 12.2. The van der Waals surface area contributed by atoms with Crippen LogP contribution in [0, 0.1) is 0 Å². The Balaban J connectivity index is 1.60. The standard InChI is InChI=1S/C22H25N5O7/c1-11(28)18(31)19-22(32,12(2)29)7-16(34-19)27-10-26-17-20(24-9-25-21(17)27)23-8-13-4-5-14(30)15(6-13)33-3/h4-6,9-10,16,18-19,30-32H,7-8H2,1-3H3,(H,23,24,25)/t16-,18?,19-,22-/m1/s1. The normalized spacial score (nSPS) is 23.1. The highest BCUT2D eigenvalue weighted by Crippen LogP contribution is 2.40. The van der Waals surface area contributed by atoms with Crippen molar-refractivity contribution in [1.29, 1.82) is 0 Å². The van der Waals surface area contributed by atoms with E-state index in [1.807, 2.05) is 0 Å². The summed E-state index contributed by atoms with van der Waals surface area (Å²) >= 11 is 0. The van der Waals surface area contributed by atoms with Crippen molar-refractivity contribution in [1.82, 2.24) is 19.5 Å². The second kappa shape index (κ2) is 8.97. The van der Waals surface area contributed by atoms with Gasteiger partial charge in [0.25, 0.3) is 0 Å². The molecule has 1 saturated heterocycles. The Kier molecular flexibility index (Phi) is 6.21. The highest BCUT2D eigenvalue weighted by molar-refractivity contribution is 5.89. The minimum Gasteiger partial charge on any atom is -0.504 e. The van der Waals surface area contributed by atoms with E-state index in [1.165, 1.54) is 37.3 Å². The number of carbonyl (C=O) groups excluding carboxylic acids is 2. The van der Waals surface area contributed by atoms with Crippen LogP contribution >= 0.6 is 0 Å². The molecular weight excluding hydrogens is 446 g/mol. The van der Waals surface area contributed by atoms with Crippen molar-refractivity contribution in [3.63, 3.8) is 0 Å². The molecule has 2 aromatic heterocycles. The lowest BCUT2D eigenvalue weighted by atomic mass is 9.86. The number of carbonyl (C=O) groups is 2. The van der Waals surface area contributed by atoms with E-state index in [4.69, 9.17) is 9.47 Å². The van der Waals surface area contributed by atoms with Crippen molar-refractivity contribution in [3.8, 4) is 11.5 Å². The highest BCUT2D eigenvalue weighted by atomic mass is 16.6. The Bertz CT molecular complexity index is 1250.